The summed E-state index contributed by atoms with van der Waals surface area (Å²) >= 11 is 0. The van der Waals surface area contributed by atoms with Crippen LogP contribution in [0.4, 0.5) is 8.78 Å². The molecule has 0 unspecified atom stereocenters. The van der Waals surface area contributed by atoms with Gasteiger partial charge in [0.1, 0.15) is 0 Å². The number of nitrogens with zero attached hydrogens (tertiary/aromatic N) is 1. The standard InChI is InChI=1S/C14H17F2NO/c1-4-5-10(2)14(18)17(3)9-11-6-7-12(15)13(16)8-11/h5-8H,4,9H2,1-3H3/b10-5-. The van der Waals surface area contributed by atoms with E-state index in [9.17, 15) is 13.6 Å². The van der Waals surface area contributed by atoms with Crippen molar-refractivity contribution >= 4 is 5.91 Å². The van der Waals surface area contributed by atoms with Gasteiger partial charge in [-0.1, -0.05) is 19.1 Å². The van der Waals surface area contributed by atoms with E-state index in [1.165, 1.54) is 11.0 Å². The fourth-order valence-electron chi connectivity index (χ4n) is 1.68. The third kappa shape index (κ3) is 3.65. The summed E-state index contributed by atoms with van der Waals surface area (Å²) in [5, 5.41) is 0. The summed E-state index contributed by atoms with van der Waals surface area (Å²) in [4.78, 5) is 13.4. The van der Waals surface area contributed by atoms with Gasteiger partial charge < -0.3 is 4.90 Å². The predicted molar refractivity (Wildman–Crippen MR) is 66.9 cm³/mol. The molecule has 1 amide bonds. The number of likely N-dealkylation sites (N-methyl/N-ethyl adjacent to an activating group) is 1. The maximum atomic E-state index is 13.0. The van der Waals surface area contributed by atoms with Crippen molar-refractivity contribution in [1.29, 1.82) is 0 Å². The summed E-state index contributed by atoms with van der Waals surface area (Å²) in [6.45, 7) is 3.95. The molecule has 1 aromatic rings. The summed E-state index contributed by atoms with van der Waals surface area (Å²) < 4.78 is 25.8. The Morgan fingerprint density at radius 1 is 1.33 bits per heavy atom. The Morgan fingerprint density at radius 3 is 2.56 bits per heavy atom. The Bertz CT molecular complexity index is 469. The normalized spacial score (nSPS) is 11.5. The molecule has 0 spiro atoms. The minimum absolute atomic E-state index is 0.110. The van der Waals surface area contributed by atoms with Gasteiger partial charge in [0.2, 0.25) is 5.91 Å². The summed E-state index contributed by atoms with van der Waals surface area (Å²) in [6.07, 6.45) is 2.63. The molecule has 0 aliphatic heterocycles. The number of hydrogen-bond acceptors (Lipinski definition) is 1. The van der Waals surface area contributed by atoms with E-state index in [2.05, 4.69) is 0 Å². The van der Waals surface area contributed by atoms with Gasteiger partial charge in [-0.25, -0.2) is 8.78 Å². The first-order valence-electron chi connectivity index (χ1n) is 5.81. The molecule has 0 aromatic heterocycles. The number of allylic oxidation sites excluding steroid dienone is 1. The average Bonchev–Trinajstić information content (AvgIpc) is 2.33. The van der Waals surface area contributed by atoms with E-state index in [0.717, 1.165) is 18.6 Å². The monoisotopic (exact) mass is 253 g/mol. The zero-order valence-corrected chi connectivity index (χ0v) is 10.8. The van der Waals surface area contributed by atoms with Gasteiger partial charge >= 0.3 is 0 Å². The van der Waals surface area contributed by atoms with E-state index >= 15 is 0 Å². The van der Waals surface area contributed by atoms with Gasteiger partial charge in [0, 0.05) is 19.2 Å². The van der Waals surface area contributed by atoms with Gasteiger partial charge in [0.05, 0.1) is 0 Å². The molecular weight excluding hydrogens is 236 g/mol. The van der Waals surface area contributed by atoms with Crippen molar-refractivity contribution in [2.75, 3.05) is 7.05 Å². The highest BCUT2D eigenvalue weighted by molar-refractivity contribution is 5.92. The Balaban J connectivity index is 2.75. The molecule has 0 atom stereocenters. The number of rotatable bonds is 4. The molecule has 0 fully saturated rings. The van der Waals surface area contributed by atoms with Crippen LogP contribution >= 0.6 is 0 Å². The number of carbonyl (C=O) groups excluding carboxylic acids is 1. The van der Waals surface area contributed by atoms with E-state index in [-0.39, 0.29) is 12.5 Å². The minimum atomic E-state index is -0.894. The first kappa shape index (κ1) is 14.4. The minimum Gasteiger partial charge on any atom is -0.338 e. The van der Waals surface area contributed by atoms with Crippen molar-refractivity contribution < 1.29 is 13.6 Å². The molecule has 0 bridgehead atoms. The van der Waals surface area contributed by atoms with E-state index in [1.807, 2.05) is 13.0 Å². The largest absolute Gasteiger partial charge is 0.338 e. The Hall–Kier alpha value is -1.71. The molecule has 0 radical (unpaired) electrons. The van der Waals surface area contributed by atoms with Gasteiger partial charge in [-0.05, 0) is 31.0 Å². The lowest BCUT2D eigenvalue weighted by atomic mass is 10.1. The molecule has 0 heterocycles. The van der Waals surface area contributed by atoms with E-state index in [4.69, 9.17) is 0 Å². The maximum absolute atomic E-state index is 13.0. The first-order chi connectivity index (χ1) is 8.45. The zero-order chi connectivity index (χ0) is 13.7. The molecule has 18 heavy (non-hydrogen) atoms. The number of carbonyl (C=O) groups is 1. The second kappa shape index (κ2) is 6.28. The highest BCUT2D eigenvalue weighted by Crippen LogP contribution is 2.11. The molecular formula is C14H17F2NO. The fourth-order valence-corrected chi connectivity index (χ4v) is 1.68. The molecule has 0 N–H and O–H groups in total. The molecule has 0 aliphatic rings. The maximum Gasteiger partial charge on any atom is 0.249 e. The molecule has 0 saturated heterocycles. The topological polar surface area (TPSA) is 20.3 Å². The second-order valence-electron chi connectivity index (χ2n) is 4.21. The second-order valence-corrected chi connectivity index (χ2v) is 4.21. The van der Waals surface area contributed by atoms with Gasteiger partial charge in [0.15, 0.2) is 11.6 Å². The van der Waals surface area contributed by atoms with Crippen LogP contribution in [0.25, 0.3) is 0 Å². The van der Waals surface area contributed by atoms with Crippen molar-refractivity contribution in [2.45, 2.75) is 26.8 Å². The third-order valence-corrected chi connectivity index (χ3v) is 2.60. The zero-order valence-electron chi connectivity index (χ0n) is 10.8. The van der Waals surface area contributed by atoms with Crippen molar-refractivity contribution in [3.05, 3.63) is 47.0 Å². The predicted octanol–water partition coefficient (Wildman–Crippen LogP) is 3.28. The highest BCUT2D eigenvalue weighted by Gasteiger charge is 2.12. The van der Waals surface area contributed by atoms with Gasteiger partial charge in [0.25, 0.3) is 0 Å². The fraction of sp³-hybridized carbons (Fsp3) is 0.357. The van der Waals surface area contributed by atoms with Gasteiger partial charge in [-0.3, -0.25) is 4.79 Å². The SMILES string of the molecule is CC/C=C(/C)C(=O)N(C)Cc1ccc(F)c(F)c1. The number of amides is 1. The van der Waals surface area contributed by atoms with E-state index in [1.54, 1.807) is 14.0 Å². The molecule has 1 aromatic carbocycles. The third-order valence-electron chi connectivity index (χ3n) is 2.60. The van der Waals surface area contributed by atoms with E-state index < -0.39 is 11.6 Å². The van der Waals surface area contributed by atoms with Gasteiger partial charge in [-0.15, -0.1) is 0 Å². The molecule has 1 rings (SSSR count). The van der Waals surface area contributed by atoms with Crippen LogP contribution in [-0.2, 0) is 11.3 Å². The summed E-state index contributed by atoms with van der Waals surface area (Å²) in [5.74, 6) is -1.88. The van der Waals surface area contributed by atoms with Crippen LogP contribution in [-0.4, -0.2) is 17.9 Å². The van der Waals surface area contributed by atoms with Crippen LogP contribution < -0.4 is 0 Å². The van der Waals surface area contributed by atoms with Crippen molar-refractivity contribution in [2.24, 2.45) is 0 Å². The molecule has 2 nitrogen and oxygen atoms in total. The van der Waals surface area contributed by atoms with Crippen LogP contribution in [0.15, 0.2) is 29.8 Å². The molecule has 4 heteroatoms. The average molecular weight is 253 g/mol. The lowest BCUT2D eigenvalue weighted by molar-refractivity contribution is -0.126. The summed E-state index contributed by atoms with van der Waals surface area (Å²) in [7, 11) is 1.64. The van der Waals surface area contributed by atoms with Crippen LogP contribution in [0.5, 0.6) is 0 Å². The quantitative estimate of drug-likeness (QED) is 0.754. The molecule has 0 aliphatic carbocycles. The Kier molecular flexibility index (Phi) is 5.01. The number of halogens is 2. The lowest BCUT2D eigenvalue weighted by Crippen LogP contribution is -2.26. The number of benzene rings is 1. The van der Waals surface area contributed by atoms with E-state index in [0.29, 0.717) is 11.1 Å². The Labute approximate surface area is 106 Å². The van der Waals surface area contributed by atoms with Crippen molar-refractivity contribution in [3.63, 3.8) is 0 Å². The van der Waals surface area contributed by atoms with Crippen molar-refractivity contribution in [3.8, 4) is 0 Å². The van der Waals surface area contributed by atoms with Crippen LogP contribution in [0.3, 0.4) is 0 Å². The first-order valence-corrected chi connectivity index (χ1v) is 5.81. The molecule has 0 saturated carbocycles. The van der Waals surface area contributed by atoms with Gasteiger partial charge in [-0.2, -0.15) is 0 Å². The van der Waals surface area contributed by atoms with Crippen LogP contribution in [0, 0.1) is 11.6 Å². The summed E-state index contributed by atoms with van der Waals surface area (Å²) in [6, 6.07) is 3.65. The number of hydrogen-bond donors (Lipinski definition) is 0. The lowest BCUT2D eigenvalue weighted by Gasteiger charge is -2.17. The van der Waals surface area contributed by atoms with Crippen LogP contribution in [0.1, 0.15) is 25.8 Å². The smallest absolute Gasteiger partial charge is 0.249 e. The highest BCUT2D eigenvalue weighted by atomic mass is 19.2. The summed E-state index contributed by atoms with van der Waals surface area (Å²) in [5.41, 5.74) is 1.22. The molecule has 98 valence electrons. The van der Waals surface area contributed by atoms with Crippen LogP contribution in [0.2, 0.25) is 0 Å². The Morgan fingerprint density at radius 2 is 2.00 bits per heavy atom. The van der Waals surface area contributed by atoms with Crippen molar-refractivity contribution in [1.82, 2.24) is 4.90 Å².